The van der Waals surface area contributed by atoms with Gasteiger partial charge < -0.3 is 14.7 Å². The van der Waals surface area contributed by atoms with E-state index in [4.69, 9.17) is 0 Å². The number of nitrogens with one attached hydrogen (secondary N) is 1. The van der Waals surface area contributed by atoms with Gasteiger partial charge in [0.2, 0.25) is 0 Å². The maximum atomic E-state index is 13.4. The number of hydrogen-bond donors (Lipinski definition) is 2. The number of hydrogen-bond acceptors (Lipinski definition) is 5. The van der Waals surface area contributed by atoms with Crippen molar-refractivity contribution in [2.75, 3.05) is 6.54 Å². The average molecular weight is 505 g/mol. The van der Waals surface area contributed by atoms with E-state index in [0.717, 1.165) is 49.2 Å². The van der Waals surface area contributed by atoms with Crippen molar-refractivity contribution in [2.24, 2.45) is 0 Å². The smallest absolute Gasteiger partial charge is 0.335 e. The Kier molecular flexibility index (Phi) is 8.17. The molecule has 1 aromatic carbocycles. The second-order valence-electron chi connectivity index (χ2n) is 9.08. The summed E-state index contributed by atoms with van der Waals surface area (Å²) in [5.41, 5.74) is 2.85. The Bertz CT molecular complexity index is 1280. The molecule has 0 spiro atoms. The predicted molar refractivity (Wildman–Crippen MR) is 137 cm³/mol. The van der Waals surface area contributed by atoms with Gasteiger partial charge in [0.15, 0.2) is 0 Å². The summed E-state index contributed by atoms with van der Waals surface area (Å²) in [6.45, 7) is 5.15. The number of imidazole rings is 2. The van der Waals surface area contributed by atoms with Crippen LogP contribution in [0.1, 0.15) is 72.7 Å². The van der Waals surface area contributed by atoms with Crippen LogP contribution in [0, 0.1) is 0 Å². The number of aryl methyl sites for hydroxylation is 1. The third kappa shape index (κ3) is 5.79. The number of amides is 3. The van der Waals surface area contributed by atoms with E-state index in [0.29, 0.717) is 24.5 Å². The lowest BCUT2D eigenvalue weighted by Gasteiger charge is -2.16. The lowest BCUT2D eigenvalue weighted by molar-refractivity contribution is -0.123. The van der Waals surface area contributed by atoms with Crippen molar-refractivity contribution >= 4 is 24.0 Å². The molecule has 10 heteroatoms. The average Bonchev–Trinajstić information content (AvgIpc) is 3.59. The molecule has 0 aliphatic carbocycles. The standard InChI is InChI=1S/C27H32N6O4/c1-3-5-7-24-29-15-22(32(24)16-19-8-10-20(11-9-19)26(35)36)13-23-25(34)31(12-6-4-2)27(37)33(23)17-21-14-28-18-30-21/h8-11,13-15,18H,3-7,12,16-17H2,1-2H3,(H,28,30)(H,35,36). The highest BCUT2D eigenvalue weighted by atomic mass is 16.4. The predicted octanol–water partition coefficient (Wildman–Crippen LogP) is 4.30. The zero-order chi connectivity index (χ0) is 26.4. The van der Waals surface area contributed by atoms with Gasteiger partial charge in [0.1, 0.15) is 11.5 Å². The van der Waals surface area contributed by atoms with Crippen molar-refractivity contribution in [3.63, 3.8) is 0 Å². The van der Waals surface area contributed by atoms with Crippen molar-refractivity contribution in [3.8, 4) is 0 Å². The maximum absolute atomic E-state index is 13.4. The van der Waals surface area contributed by atoms with Crippen molar-refractivity contribution < 1.29 is 19.5 Å². The molecule has 1 saturated heterocycles. The first-order chi connectivity index (χ1) is 17.9. The Balaban J connectivity index is 1.71. The van der Waals surface area contributed by atoms with Crippen LogP contribution in [-0.2, 0) is 24.3 Å². The van der Waals surface area contributed by atoms with E-state index in [-0.39, 0.29) is 24.0 Å². The molecule has 1 aliphatic heterocycles. The van der Waals surface area contributed by atoms with Crippen LogP contribution in [0.3, 0.4) is 0 Å². The Hall–Kier alpha value is -4.21. The van der Waals surface area contributed by atoms with Crippen LogP contribution in [0.4, 0.5) is 4.79 Å². The van der Waals surface area contributed by atoms with Crippen LogP contribution < -0.4 is 0 Å². The van der Waals surface area contributed by atoms with Gasteiger partial charge in [-0.25, -0.2) is 19.6 Å². The SMILES string of the molecule is CCCCc1ncc(C=C2C(=O)N(CCCC)C(=O)N2Cc2cnc[nH]2)n1Cc1ccc(C(=O)O)cc1. The van der Waals surface area contributed by atoms with Gasteiger partial charge >= 0.3 is 12.0 Å². The van der Waals surface area contributed by atoms with Crippen molar-refractivity contribution in [2.45, 2.75) is 59.0 Å². The Morgan fingerprint density at radius 2 is 1.78 bits per heavy atom. The number of carboxylic acid groups (broad SMARTS) is 1. The van der Waals surface area contributed by atoms with E-state index in [1.54, 1.807) is 49.1 Å². The number of urea groups is 1. The van der Waals surface area contributed by atoms with E-state index in [1.165, 1.54) is 9.80 Å². The summed E-state index contributed by atoms with van der Waals surface area (Å²) in [5, 5.41) is 9.22. The molecule has 0 bridgehead atoms. The number of aromatic nitrogens is 4. The van der Waals surface area contributed by atoms with Crippen LogP contribution in [-0.4, -0.2) is 58.9 Å². The molecule has 3 amide bonds. The number of carbonyl (C=O) groups is 3. The molecule has 0 radical (unpaired) electrons. The normalized spacial score (nSPS) is 14.8. The minimum absolute atomic E-state index is 0.201. The van der Waals surface area contributed by atoms with Crippen LogP contribution in [0.5, 0.6) is 0 Å². The molecular formula is C27H32N6O4. The number of unbranched alkanes of at least 4 members (excludes halogenated alkanes) is 2. The summed E-state index contributed by atoms with van der Waals surface area (Å²) in [5.74, 6) is -0.431. The van der Waals surface area contributed by atoms with Gasteiger partial charge in [-0.05, 0) is 36.6 Å². The number of imide groups is 1. The van der Waals surface area contributed by atoms with Crippen LogP contribution in [0.2, 0.25) is 0 Å². The number of aromatic carboxylic acids is 1. The van der Waals surface area contributed by atoms with Crippen LogP contribution in [0.15, 0.2) is 48.7 Å². The van der Waals surface area contributed by atoms with E-state index >= 15 is 0 Å². The molecule has 0 saturated carbocycles. The largest absolute Gasteiger partial charge is 0.478 e. The minimum Gasteiger partial charge on any atom is -0.478 e. The van der Waals surface area contributed by atoms with Gasteiger partial charge in [0, 0.05) is 25.7 Å². The van der Waals surface area contributed by atoms with Crippen molar-refractivity contribution in [1.82, 2.24) is 29.3 Å². The first-order valence-corrected chi connectivity index (χ1v) is 12.6. The fraction of sp³-hybridized carbons (Fsp3) is 0.370. The zero-order valence-corrected chi connectivity index (χ0v) is 21.2. The molecule has 3 heterocycles. The quantitative estimate of drug-likeness (QED) is 0.280. The number of carboxylic acids is 1. The third-order valence-electron chi connectivity index (χ3n) is 6.38. The topological polar surface area (TPSA) is 124 Å². The highest BCUT2D eigenvalue weighted by Gasteiger charge is 2.40. The Morgan fingerprint density at radius 1 is 1.03 bits per heavy atom. The van der Waals surface area contributed by atoms with Gasteiger partial charge in [0.05, 0.1) is 36.0 Å². The number of benzene rings is 1. The number of nitrogens with zero attached hydrogens (tertiary/aromatic N) is 5. The molecular weight excluding hydrogens is 472 g/mol. The van der Waals surface area contributed by atoms with E-state index in [2.05, 4.69) is 21.9 Å². The monoisotopic (exact) mass is 504 g/mol. The second kappa shape index (κ2) is 11.7. The summed E-state index contributed by atoms with van der Waals surface area (Å²) in [6.07, 6.45) is 11.0. The first kappa shape index (κ1) is 25.9. The Labute approximate surface area is 215 Å². The number of H-pyrrole nitrogens is 1. The first-order valence-electron chi connectivity index (χ1n) is 12.6. The van der Waals surface area contributed by atoms with Gasteiger partial charge in [-0.1, -0.05) is 38.8 Å². The number of aromatic amines is 1. The third-order valence-corrected chi connectivity index (χ3v) is 6.38. The van der Waals surface area contributed by atoms with E-state index in [9.17, 15) is 19.5 Å². The maximum Gasteiger partial charge on any atom is 0.335 e. The van der Waals surface area contributed by atoms with Crippen LogP contribution >= 0.6 is 0 Å². The lowest BCUT2D eigenvalue weighted by Crippen LogP contribution is -2.33. The fourth-order valence-corrected chi connectivity index (χ4v) is 4.27. The molecule has 0 atom stereocenters. The fourth-order valence-electron chi connectivity index (χ4n) is 4.27. The summed E-state index contributed by atoms with van der Waals surface area (Å²) < 4.78 is 2.03. The highest BCUT2D eigenvalue weighted by Crippen LogP contribution is 2.27. The van der Waals surface area contributed by atoms with Gasteiger partial charge in [-0.15, -0.1) is 0 Å². The zero-order valence-electron chi connectivity index (χ0n) is 21.2. The molecule has 194 valence electrons. The van der Waals surface area contributed by atoms with Gasteiger partial charge in [0.25, 0.3) is 5.91 Å². The minimum atomic E-state index is -0.974. The number of carbonyl (C=O) groups excluding carboxylic acids is 2. The lowest BCUT2D eigenvalue weighted by atomic mass is 10.1. The van der Waals surface area contributed by atoms with Crippen molar-refractivity contribution in [1.29, 1.82) is 0 Å². The van der Waals surface area contributed by atoms with E-state index in [1.807, 2.05) is 11.5 Å². The summed E-state index contributed by atoms with van der Waals surface area (Å²) in [6, 6.07) is 6.38. The highest BCUT2D eigenvalue weighted by molar-refractivity contribution is 6.13. The molecule has 10 nitrogen and oxygen atoms in total. The Morgan fingerprint density at radius 3 is 2.43 bits per heavy atom. The molecule has 0 unspecified atom stereocenters. The summed E-state index contributed by atoms with van der Waals surface area (Å²) in [4.78, 5) is 52.3. The molecule has 2 aromatic heterocycles. The molecule has 3 aromatic rings. The molecule has 2 N–H and O–H groups in total. The van der Waals surface area contributed by atoms with Gasteiger partial charge in [-0.3, -0.25) is 14.6 Å². The van der Waals surface area contributed by atoms with E-state index < -0.39 is 5.97 Å². The molecule has 37 heavy (non-hydrogen) atoms. The number of rotatable bonds is 12. The van der Waals surface area contributed by atoms with Crippen molar-refractivity contribution in [3.05, 3.63) is 77.0 Å². The summed E-state index contributed by atoms with van der Waals surface area (Å²) in [7, 11) is 0. The summed E-state index contributed by atoms with van der Waals surface area (Å²) >= 11 is 0. The van der Waals surface area contributed by atoms with Crippen LogP contribution in [0.25, 0.3) is 6.08 Å². The molecule has 4 rings (SSSR count). The van der Waals surface area contributed by atoms with Gasteiger partial charge in [-0.2, -0.15) is 0 Å². The second-order valence-corrected chi connectivity index (χ2v) is 9.08. The molecule has 1 fully saturated rings. The molecule has 1 aliphatic rings.